The maximum atomic E-state index is 12.3. The monoisotopic (exact) mass is 536 g/mol. The van der Waals surface area contributed by atoms with Crippen LogP contribution in [0.3, 0.4) is 0 Å². The zero-order chi connectivity index (χ0) is 25.9. The van der Waals surface area contributed by atoms with Crippen LogP contribution in [0.4, 0.5) is 17.5 Å². The Morgan fingerprint density at radius 2 is 2.14 bits per heavy atom. The fourth-order valence-electron chi connectivity index (χ4n) is 4.05. The van der Waals surface area contributed by atoms with Gasteiger partial charge in [-0.25, -0.2) is 10.1 Å². The minimum absolute atomic E-state index is 0.144. The lowest BCUT2D eigenvalue weighted by molar-refractivity contribution is -0.143. The molecule has 4 atom stereocenters. The summed E-state index contributed by atoms with van der Waals surface area (Å²) in [5.41, 5.74) is 5.52. The quantitative estimate of drug-likeness (QED) is 0.248. The number of nitrogens with zero attached hydrogens (tertiary/aromatic N) is 4. The van der Waals surface area contributed by atoms with Gasteiger partial charge in [0, 0.05) is 18.0 Å². The smallest absolute Gasteiger partial charge is 0.326 e. The Balaban J connectivity index is 1.42. The highest BCUT2D eigenvalue weighted by molar-refractivity contribution is 7.45. The summed E-state index contributed by atoms with van der Waals surface area (Å²) in [6.07, 6.45) is 3.09. The third kappa shape index (κ3) is 6.04. The van der Waals surface area contributed by atoms with Crippen LogP contribution in [-0.2, 0) is 18.8 Å². The van der Waals surface area contributed by atoms with E-state index in [1.165, 1.54) is 13.3 Å². The first-order valence-electron chi connectivity index (χ1n) is 11.4. The van der Waals surface area contributed by atoms with Crippen LogP contribution < -0.4 is 20.2 Å². The maximum Gasteiger partial charge on any atom is 0.326 e. The van der Waals surface area contributed by atoms with Crippen LogP contribution in [0.25, 0.3) is 0 Å². The van der Waals surface area contributed by atoms with Gasteiger partial charge in [0.2, 0.25) is 5.95 Å². The number of rotatable bonds is 11. The number of esters is 1. The zero-order valence-electron chi connectivity index (χ0n) is 20.4. The van der Waals surface area contributed by atoms with Crippen molar-refractivity contribution in [2.75, 3.05) is 31.4 Å². The summed E-state index contributed by atoms with van der Waals surface area (Å²) in [6, 6.07) is 6.95. The van der Waals surface area contributed by atoms with Crippen molar-refractivity contribution < 1.29 is 23.3 Å². The normalized spacial score (nSPS) is 23.1. The van der Waals surface area contributed by atoms with E-state index in [0.717, 1.165) is 6.42 Å². The first kappa shape index (κ1) is 26.5. The van der Waals surface area contributed by atoms with E-state index >= 15 is 0 Å². The van der Waals surface area contributed by atoms with E-state index in [2.05, 4.69) is 33.7 Å². The van der Waals surface area contributed by atoms with E-state index in [9.17, 15) is 4.79 Å². The van der Waals surface area contributed by atoms with Crippen molar-refractivity contribution in [1.29, 1.82) is 0 Å². The molecule has 0 amide bonds. The summed E-state index contributed by atoms with van der Waals surface area (Å²) >= 11 is 5.99. The topological polar surface area (TPSA) is 133 Å². The highest BCUT2D eigenvalue weighted by atomic mass is 35.5. The lowest BCUT2D eigenvalue weighted by Gasteiger charge is -2.29. The molecule has 3 N–H and O–H groups in total. The number of methoxy groups -OCH3 is 1. The molecule has 1 saturated heterocycles. The van der Waals surface area contributed by atoms with Crippen molar-refractivity contribution in [1.82, 2.24) is 15.1 Å². The van der Waals surface area contributed by atoms with Gasteiger partial charge in [0.1, 0.15) is 23.2 Å². The predicted molar refractivity (Wildman–Crippen MR) is 139 cm³/mol. The fraction of sp³-hybridized carbons (Fsp3) is 0.478. The van der Waals surface area contributed by atoms with Crippen LogP contribution in [0.1, 0.15) is 26.2 Å². The molecule has 36 heavy (non-hydrogen) atoms. The summed E-state index contributed by atoms with van der Waals surface area (Å²) < 4.78 is 23.5. The Labute approximate surface area is 216 Å². The minimum Gasteiger partial charge on any atom is -0.468 e. The summed E-state index contributed by atoms with van der Waals surface area (Å²) in [5.74, 6) is 1.09. The molecule has 2 aliphatic rings. The molecule has 0 spiro atoms. The molecule has 0 bridgehead atoms. The summed E-state index contributed by atoms with van der Waals surface area (Å²) in [6.45, 7) is 5.94. The molecule has 1 aromatic heterocycles. The van der Waals surface area contributed by atoms with Crippen LogP contribution in [-0.4, -0.2) is 61.3 Å². The van der Waals surface area contributed by atoms with Crippen LogP contribution in [0.2, 0.25) is 5.02 Å². The third-order valence-electron chi connectivity index (χ3n) is 6.12. The molecule has 0 radical (unpaired) electrons. The Morgan fingerprint density at radius 1 is 1.42 bits per heavy atom. The Kier molecular flexibility index (Phi) is 8.27. The molecule has 1 aliphatic heterocycles. The number of nitrogen functional groups attached to an aromatic ring is 1. The number of benzene rings is 1. The predicted octanol–water partition coefficient (Wildman–Crippen LogP) is 3.85. The van der Waals surface area contributed by atoms with Crippen molar-refractivity contribution in [3.63, 3.8) is 0 Å². The van der Waals surface area contributed by atoms with Crippen LogP contribution in [0, 0.1) is 5.92 Å². The fourth-order valence-corrected chi connectivity index (χ4v) is 5.62. The number of anilines is 2. The van der Waals surface area contributed by atoms with E-state index in [4.69, 9.17) is 35.9 Å². The standard InChI is InChI=1S/C23H30ClN6O5P/c1-14-11-17(34-20(14)30(3)19-18(26-2)12-27-22(25)28-19)13-33-36(29-23(9-10-23)21(31)32-4)35-16-7-5-15(24)6-8-16/h5-8,12,14,17,20,29H,2,9-11,13H2,1,3-4H3,(H2,25,27,28). The molecule has 2 fully saturated rings. The Hall–Kier alpha value is -2.56. The average molecular weight is 537 g/mol. The molecular formula is C23H30ClN6O5P. The van der Waals surface area contributed by atoms with Crippen LogP contribution in [0.15, 0.2) is 35.5 Å². The average Bonchev–Trinajstić information content (AvgIpc) is 3.56. The minimum atomic E-state index is -1.67. The lowest BCUT2D eigenvalue weighted by Crippen LogP contribution is -2.38. The second-order valence-electron chi connectivity index (χ2n) is 8.85. The zero-order valence-corrected chi connectivity index (χ0v) is 22.0. The summed E-state index contributed by atoms with van der Waals surface area (Å²) in [7, 11) is 1.56. The van der Waals surface area contributed by atoms with Gasteiger partial charge in [0.05, 0.1) is 26.0 Å². The van der Waals surface area contributed by atoms with E-state index in [1.54, 1.807) is 24.3 Å². The number of halogens is 1. The van der Waals surface area contributed by atoms with Crippen molar-refractivity contribution in [2.45, 2.75) is 44.1 Å². The lowest BCUT2D eigenvalue weighted by atomic mass is 10.1. The Morgan fingerprint density at radius 3 is 2.78 bits per heavy atom. The van der Waals surface area contributed by atoms with Gasteiger partial charge in [0.15, 0.2) is 5.82 Å². The van der Waals surface area contributed by atoms with Gasteiger partial charge in [0.25, 0.3) is 0 Å². The molecule has 194 valence electrons. The van der Waals surface area contributed by atoms with Gasteiger partial charge >= 0.3 is 14.5 Å². The largest absolute Gasteiger partial charge is 0.468 e. The highest BCUT2D eigenvalue weighted by Crippen LogP contribution is 2.47. The number of ether oxygens (including phenoxy) is 2. The second kappa shape index (κ2) is 11.2. The van der Waals surface area contributed by atoms with E-state index < -0.39 is 14.1 Å². The number of aliphatic imine (C=N–C) groups is 1. The van der Waals surface area contributed by atoms with E-state index in [0.29, 0.717) is 35.1 Å². The molecule has 4 rings (SSSR count). The van der Waals surface area contributed by atoms with Gasteiger partial charge in [-0.15, -0.1) is 0 Å². The number of carbonyl (C=O) groups excluding carboxylic acids is 1. The first-order chi connectivity index (χ1) is 17.2. The number of aromatic nitrogens is 2. The van der Waals surface area contributed by atoms with Gasteiger partial charge in [-0.2, -0.15) is 4.98 Å². The number of hydrogen-bond donors (Lipinski definition) is 2. The molecule has 1 aromatic carbocycles. The van der Waals surface area contributed by atoms with Crippen LogP contribution >= 0.6 is 20.1 Å². The van der Waals surface area contributed by atoms with Crippen molar-refractivity contribution in [3.05, 3.63) is 35.5 Å². The summed E-state index contributed by atoms with van der Waals surface area (Å²) in [4.78, 5) is 26.5. The molecule has 1 aliphatic carbocycles. The maximum absolute atomic E-state index is 12.3. The van der Waals surface area contributed by atoms with Gasteiger partial charge in [-0.1, -0.05) is 18.5 Å². The highest BCUT2D eigenvalue weighted by Gasteiger charge is 2.53. The molecule has 13 heteroatoms. The van der Waals surface area contributed by atoms with Crippen molar-refractivity contribution >= 4 is 50.3 Å². The number of nitrogens with two attached hydrogens (primary N) is 1. The van der Waals surface area contributed by atoms with Crippen LogP contribution in [0.5, 0.6) is 5.75 Å². The second-order valence-corrected chi connectivity index (χ2v) is 10.5. The number of hydrogen-bond acceptors (Lipinski definition) is 11. The summed E-state index contributed by atoms with van der Waals surface area (Å²) in [5, 5.41) is 3.83. The SMILES string of the molecule is C=Nc1cnc(N)nc1N(C)C1OC(COP(NC2(C(=O)OC)CC2)Oc2ccc(Cl)cc2)CC1C. The number of carbonyl (C=O) groups is 1. The van der Waals surface area contributed by atoms with Crippen molar-refractivity contribution in [3.8, 4) is 5.75 Å². The Bertz CT molecular complexity index is 1090. The number of nitrogens with one attached hydrogen (secondary N) is 1. The molecule has 4 unspecified atom stereocenters. The third-order valence-corrected chi connectivity index (χ3v) is 7.74. The molecule has 1 saturated carbocycles. The van der Waals surface area contributed by atoms with E-state index in [1.807, 2.05) is 11.9 Å². The molecular weight excluding hydrogens is 507 g/mol. The van der Waals surface area contributed by atoms with Gasteiger partial charge in [-0.05, 0) is 50.2 Å². The molecule has 11 nitrogen and oxygen atoms in total. The van der Waals surface area contributed by atoms with Gasteiger partial charge < -0.3 is 29.2 Å². The van der Waals surface area contributed by atoms with E-state index in [-0.39, 0.29) is 36.8 Å². The first-order valence-corrected chi connectivity index (χ1v) is 13.0. The molecule has 2 heterocycles. The molecule has 2 aromatic rings. The van der Waals surface area contributed by atoms with Gasteiger partial charge in [-0.3, -0.25) is 9.79 Å². The van der Waals surface area contributed by atoms with Crippen molar-refractivity contribution in [2.24, 2.45) is 10.9 Å².